The lowest BCUT2D eigenvalue weighted by Gasteiger charge is -2.17. The van der Waals surface area contributed by atoms with Crippen LogP contribution in [0.5, 0.6) is 0 Å². The van der Waals surface area contributed by atoms with Crippen LogP contribution < -0.4 is 5.73 Å². The Labute approximate surface area is 81.9 Å². The standard InChI is InChI=1S/C9H15NO4/c10-9(8(13)14)4-3-6(5-9)1-2-7(11)12/h6H,1-5,10H2,(H,11,12)(H,13,14)/t6-,9+/m0/s1. The van der Waals surface area contributed by atoms with Crippen LogP contribution in [-0.4, -0.2) is 27.7 Å². The van der Waals surface area contributed by atoms with Crippen molar-refractivity contribution >= 4 is 11.9 Å². The molecule has 0 heterocycles. The molecule has 0 aromatic rings. The zero-order chi connectivity index (χ0) is 10.8. The van der Waals surface area contributed by atoms with Gasteiger partial charge in [0, 0.05) is 6.42 Å². The monoisotopic (exact) mass is 201 g/mol. The van der Waals surface area contributed by atoms with Gasteiger partial charge < -0.3 is 15.9 Å². The fourth-order valence-corrected chi connectivity index (χ4v) is 1.95. The molecule has 0 unspecified atom stereocenters. The van der Waals surface area contributed by atoms with Crippen molar-refractivity contribution in [2.45, 2.75) is 37.6 Å². The van der Waals surface area contributed by atoms with Gasteiger partial charge in [0.2, 0.25) is 0 Å². The third-order valence-corrected chi connectivity index (χ3v) is 2.84. The third kappa shape index (κ3) is 2.45. The largest absolute Gasteiger partial charge is 0.481 e. The molecule has 1 saturated carbocycles. The number of carboxylic acid groups (broad SMARTS) is 2. The van der Waals surface area contributed by atoms with Crippen LogP contribution in [-0.2, 0) is 9.59 Å². The quantitative estimate of drug-likeness (QED) is 0.612. The Morgan fingerprint density at radius 1 is 1.43 bits per heavy atom. The fourth-order valence-electron chi connectivity index (χ4n) is 1.95. The van der Waals surface area contributed by atoms with Crippen molar-refractivity contribution in [2.24, 2.45) is 11.7 Å². The van der Waals surface area contributed by atoms with E-state index in [9.17, 15) is 9.59 Å². The molecule has 5 nitrogen and oxygen atoms in total. The summed E-state index contributed by atoms with van der Waals surface area (Å²) < 4.78 is 0. The zero-order valence-electron chi connectivity index (χ0n) is 7.90. The number of rotatable bonds is 4. The number of hydrogen-bond acceptors (Lipinski definition) is 3. The minimum Gasteiger partial charge on any atom is -0.481 e. The molecule has 0 radical (unpaired) electrons. The van der Waals surface area contributed by atoms with Crippen molar-refractivity contribution in [3.8, 4) is 0 Å². The molecule has 0 amide bonds. The molecule has 1 aliphatic rings. The summed E-state index contributed by atoms with van der Waals surface area (Å²) in [6.07, 6.45) is 2.19. The van der Waals surface area contributed by atoms with E-state index >= 15 is 0 Å². The van der Waals surface area contributed by atoms with E-state index in [4.69, 9.17) is 15.9 Å². The number of nitrogens with two attached hydrogens (primary N) is 1. The molecule has 0 saturated heterocycles. The average Bonchev–Trinajstić information content (AvgIpc) is 2.45. The van der Waals surface area contributed by atoms with Gasteiger partial charge in [0.1, 0.15) is 5.54 Å². The first-order chi connectivity index (χ1) is 6.44. The molecule has 1 aliphatic carbocycles. The van der Waals surface area contributed by atoms with Crippen LogP contribution in [0.3, 0.4) is 0 Å². The highest BCUT2D eigenvalue weighted by Gasteiger charge is 2.41. The Balaban J connectivity index is 2.41. The minimum absolute atomic E-state index is 0.0976. The van der Waals surface area contributed by atoms with Crippen molar-refractivity contribution < 1.29 is 19.8 Å². The van der Waals surface area contributed by atoms with Crippen molar-refractivity contribution in [2.75, 3.05) is 0 Å². The van der Waals surface area contributed by atoms with Crippen LogP contribution in [0.25, 0.3) is 0 Å². The second-order valence-corrected chi connectivity index (χ2v) is 4.00. The molecule has 1 fully saturated rings. The summed E-state index contributed by atoms with van der Waals surface area (Å²) in [4.78, 5) is 21.1. The zero-order valence-corrected chi connectivity index (χ0v) is 7.90. The highest BCUT2D eigenvalue weighted by Crippen LogP contribution is 2.35. The molecule has 2 atom stereocenters. The number of hydrogen-bond donors (Lipinski definition) is 3. The lowest BCUT2D eigenvalue weighted by atomic mass is 9.95. The van der Waals surface area contributed by atoms with Gasteiger partial charge >= 0.3 is 11.9 Å². The first kappa shape index (κ1) is 11.0. The van der Waals surface area contributed by atoms with E-state index < -0.39 is 17.5 Å². The summed E-state index contributed by atoms with van der Waals surface area (Å²) in [5.41, 5.74) is 4.53. The van der Waals surface area contributed by atoms with Gasteiger partial charge in [-0.3, -0.25) is 9.59 Å². The number of aliphatic carboxylic acids is 2. The van der Waals surface area contributed by atoms with Crippen molar-refractivity contribution in [3.63, 3.8) is 0 Å². The number of carboxylic acids is 2. The van der Waals surface area contributed by atoms with Crippen LogP contribution in [0.1, 0.15) is 32.1 Å². The summed E-state index contributed by atoms with van der Waals surface area (Å²) in [5, 5.41) is 17.3. The van der Waals surface area contributed by atoms with Gasteiger partial charge in [0.15, 0.2) is 0 Å². The molecule has 0 spiro atoms. The Hall–Kier alpha value is -1.10. The van der Waals surface area contributed by atoms with E-state index in [0.29, 0.717) is 19.3 Å². The van der Waals surface area contributed by atoms with Gasteiger partial charge in [-0.05, 0) is 31.6 Å². The smallest absolute Gasteiger partial charge is 0.323 e. The van der Waals surface area contributed by atoms with Gasteiger partial charge in [-0.1, -0.05) is 0 Å². The van der Waals surface area contributed by atoms with Gasteiger partial charge in [-0.15, -0.1) is 0 Å². The maximum absolute atomic E-state index is 10.8. The molecule has 0 bridgehead atoms. The van der Waals surface area contributed by atoms with Gasteiger partial charge in [-0.2, -0.15) is 0 Å². The van der Waals surface area contributed by atoms with E-state index in [-0.39, 0.29) is 12.3 Å². The highest BCUT2D eigenvalue weighted by molar-refractivity contribution is 5.78. The summed E-state index contributed by atoms with van der Waals surface area (Å²) >= 11 is 0. The number of carbonyl (C=O) groups is 2. The second-order valence-electron chi connectivity index (χ2n) is 4.00. The average molecular weight is 201 g/mol. The molecule has 4 N–H and O–H groups in total. The van der Waals surface area contributed by atoms with Crippen LogP contribution in [0.2, 0.25) is 0 Å². The molecule has 0 aromatic carbocycles. The lowest BCUT2D eigenvalue weighted by molar-refractivity contribution is -0.143. The van der Waals surface area contributed by atoms with Crippen molar-refractivity contribution in [1.82, 2.24) is 0 Å². The minimum atomic E-state index is -1.12. The van der Waals surface area contributed by atoms with E-state index in [1.807, 2.05) is 0 Å². The molecule has 5 heteroatoms. The Morgan fingerprint density at radius 2 is 2.07 bits per heavy atom. The first-order valence-electron chi connectivity index (χ1n) is 4.68. The summed E-state index contributed by atoms with van der Waals surface area (Å²) in [5.74, 6) is -1.67. The van der Waals surface area contributed by atoms with Gasteiger partial charge in [-0.25, -0.2) is 0 Å². The van der Waals surface area contributed by atoms with Crippen LogP contribution in [0, 0.1) is 5.92 Å². The predicted octanol–water partition coefficient (Wildman–Crippen LogP) is 0.433. The van der Waals surface area contributed by atoms with Gasteiger partial charge in [0.25, 0.3) is 0 Å². The molecule has 0 aliphatic heterocycles. The SMILES string of the molecule is N[C@]1(C(=O)O)CC[C@H](CCC(=O)O)C1. The van der Waals surface area contributed by atoms with Crippen LogP contribution in [0.4, 0.5) is 0 Å². The normalized spacial score (nSPS) is 31.6. The first-order valence-corrected chi connectivity index (χ1v) is 4.68. The Kier molecular flexibility index (Phi) is 3.10. The third-order valence-electron chi connectivity index (χ3n) is 2.84. The Bertz CT molecular complexity index is 253. The van der Waals surface area contributed by atoms with E-state index in [1.54, 1.807) is 0 Å². The summed E-state index contributed by atoms with van der Waals surface area (Å²) in [6.45, 7) is 0. The van der Waals surface area contributed by atoms with Gasteiger partial charge in [0.05, 0.1) is 0 Å². The fraction of sp³-hybridized carbons (Fsp3) is 0.778. The van der Waals surface area contributed by atoms with E-state index in [2.05, 4.69) is 0 Å². The molecule has 0 aromatic heterocycles. The summed E-state index contributed by atoms with van der Waals surface area (Å²) in [6, 6.07) is 0. The lowest BCUT2D eigenvalue weighted by Crippen LogP contribution is -2.45. The van der Waals surface area contributed by atoms with E-state index in [0.717, 1.165) is 6.42 Å². The molecule has 1 rings (SSSR count). The molecular formula is C9H15NO4. The van der Waals surface area contributed by atoms with Crippen LogP contribution >= 0.6 is 0 Å². The summed E-state index contributed by atoms with van der Waals surface area (Å²) in [7, 11) is 0. The van der Waals surface area contributed by atoms with Crippen LogP contribution in [0.15, 0.2) is 0 Å². The predicted molar refractivity (Wildman–Crippen MR) is 48.8 cm³/mol. The molecule has 14 heavy (non-hydrogen) atoms. The van der Waals surface area contributed by atoms with Crippen molar-refractivity contribution in [1.29, 1.82) is 0 Å². The highest BCUT2D eigenvalue weighted by atomic mass is 16.4. The topological polar surface area (TPSA) is 101 Å². The maximum Gasteiger partial charge on any atom is 0.323 e. The second kappa shape index (κ2) is 3.96. The Morgan fingerprint density at radius 3 is 2.50 bits per heavy atom. The molecule has 80 valence electrons. The van der Waals surface area contributed by atoms with Crippen molar-refractivity contribution in [3.05, 3.63) is 0 Å². The van der Waals surface area contributed by atoms with E-state index in [1.165, 1.54) is 0 Å². The molecular weight excluding hydrogens is 186 g/mol. The maximum atomic E-state index is 10.8.